The smallest absolute Gasteiger partial charge is 0.282 e. The molecular formula is C15H13FN4OS. The van der Waals surface area contributed by atoms with Crippen molar-refractivity contribution in [1.29, 1.82) is 5.41 Å². The molecule has 0 fully saturated rings. The van der Waals surface area contributed by atoms with Crippen molar-refractivity contribution in [2.75, 3.05) is 0 Å². The summed E-state index contributed by atoms with van der Waals surface area (Å²) in [4.78, 5) is 16.1. The zero-order valence-corrected chi connectivity index (χ0v) is 12.8. The first-order valence-corrected chi connectivity index (χ1v) is 7.53. The number of carbonyl (C=O) groups is 1. The van der Waals surface area contributed by atoms with E-state index < -0.39 is 5.91 Å². The number of halogens is 1. The molecule has 0 bridgehead atoms. The number of rotatable bonds is 2. The molecule has 1 amide bonds. The first-order valence-electron chi connectivity index (χ1n) is 6.71. The van der Waals surface area contributed by atoms with Crippen molar-refractivity contribution < 1.29 is 9.18 Å². The van der Waals surface area contributed by atoms with Gasteiger partial charge in [0, 0.05) is 5.92 Å². The maximum Gasteiger partial charge on any atom is 0.283 e. The Hall–Kier alpha value is -2.28. The highest BCUT2D eigenvalue weighted by atomic mass is 32.2. The molecule has 2 aliphatic rings. The van der Waals surface area contributed by atoms with Crippen molar-refractivity contribution in [2.45, 2.75) is 13.8 Å². The molecule has 0 aromatic heterocycles. The van der Waals surface area contributed by atoms with Gasteiger partial charge < -0.3 is 0 Å². The molecule has 0 radical (unpaired) electrons. The summed E-state index contributed by atoms with van der Waals surface area (Å²) in [5, 5.41) is 15.1. The summed E-state index contributed by atoms with van der Waals surface area (Å²) in [6, 6.07) is 5.70. The van der Waals surface area contributed by atoms with Crippen molar-refractivity contribution >= 4 is 39.8 Å². The minimum atomic E-state index is -0.478. The van der Waals surface area contributed by atoms with Crippen LogP contribution < -0.4 is 0 Å². The summed E-state index contributed by atoms with van der Waals surface area (Å²) in [6.07, 6.45) is 1.53. The number of hydrogen-bond donors (Lipinski definition) is 1. The Morgan fingerprint density at radius 2 is 2.00 bits per heavy atom. The van der Waals surface area contributed by atoms with Crippen molar-refractivity contribution in [3.63, 3.8) is 0 Å². The molecule has 7 heteroatoms. The third-order valence-corrected chi connectivity index (χ3v) is 4.35. The number of hydrazone groups is 1. The molecule has 1 N–H and O–H groups in total. The van der Waals surface area contributed by atoms with Crippen LogP contribution in [0.3, 0.4) is 0 Å². The maximum absolute atomic E-state index is 12.9. The summed E-state index contributed by atoms with van der Waals surface area (Å²) in [7, 11) is 0. The quantitative estimate of drug-likeness (QED) is 0.852. The van der Waals surface area contributed by atoms with E-state index in [0.29, 0.717) is 10.7 Å². The van der Waals surface area contributed by atoms with Crippen LogP contribution in [-0.4, -0.2) is 27.0 Å². The summed E-state index contributed by atoms with van der Waals surface area (Å²) in [5.41, 5.74) is 0.776. The molecule has 0 spiro atoms. The van der Waals surface area contributed by atoms with Gasteiger partial charge in [-0.3, -0.25) is 10.2 Å². The number of amidine groups is 2. The fourth-order valence-electron chi connectivity index (χ4n) is 1.97. The standard InChI is InChI=1S/C15H13FN4OS/c1-8(2)14-19-20-12(17)11(13(21)18-15(20)22-14)7-9-3-5-10(16)6-4-9/h3-8,17H,1-2H3/b11-7-,17-12?. The molecule has 5 nitrogen and oxygen atoms in total. The fraction of sp³-hybridized carbons (Fsp3) is 0.200. The molecule has 0 unspecified atom stereocenters. The van der Waals surface area contributed by atoms with Crippen LogP contribution in [0.15, 0.2) is 39.9 Å². The zero-order chi connectivity index (χ0) is 15.9. The third kappa shape index (κ3) is 2.59. The molecule has 0 saturated heterocycles. The minimum Gasteiger partial charge on any atom is -0.282 e. The van der Waals surface area contributed by atoms with Crippen LogP contribution in [0.25, 0.3) is 6.08 Å². The molecule has 1 aromatic rings. The number of thioether (sulfide) groups is 1. The highest BCUT2D eigenvalue weighted by Crippen LogP contribution is 2.30. The topological polar surface area (TPSA) is 68.9 Å². The molecule has 1 aromatic carbocycles. The number of benzene rings is 1. The van der Waals surface area contributed by atoms with Crippen molar-refractivity contribution in [3.05, 3.63) is 41.2 Å². The number of nitrogens with zero attached hydrogens (tertiary/aromatic N) is 3. The van der Waals surface area contributed by atoms with Gasteiger partial charge in [-0.25, -0.2) is 4.39 Å². The van der Waals surface area contributed by atoms with Gasteiger partial charge in [-0.1, -0.05) is 26.0 Å². The molecule has 0 atom stereocenters. The van der Waals surface area contributed by atoms with Crippen LogP contribution in [0.2, 0.25) is 0 Å². The lowest BCUT2D eigenvalue weighted by Crippen LogP contribution is -2.35. The van der Waals surface area contributed by atoms with E-state index in [1.54, 1.807) is 12.1 Å². The Balaban J connectivity index is 1.97. The van der Waals surface area contributed by atoms with Crippen LogP contribution >= 0.6 is 11.8 Å². The summed E-state index contributed by atoms with van der Waals surface area (Å²) < 4.78 is 12.9. The van der Waals surface area contributed by atoms with E-state index in [9.17, 15) is 9.18 Å². The van der Waals surface area contributed by atoms with Gasteiger partial charge in [-0.15, -0.1) is 0 Å². The Morgan fingerprint density at radius 3 is 2.64 bits per heavy atom. The number of amides is 1. The van der Waals surface area contributed by atoms with Crippen molar-refractivity contribution in [2.24, 2.45) is 16.0 Å². The zero-order valence-electron chi connectivity index (χ0n) is 12.0. The second kappa shape index (κ2) is 5.49. The van der Waals surface area contributed by atoms with Gasteiger partial charge in [0.15, 0.2) is 5.84 Å². The predicted molar refractivity (Wildman–Crippen MR) is 86.2 cm³/mol. The van der Waals surface area contributed by atoms with Crippen LogP contribution in [0, 0.1) is 17.1 Å². The average Bonchev–Trinajstić information content (AvgIpc) is 2.90. The van der Waals surface area contributed by atoms with E-state index in [2.05, 4.69) is 10.1 Å². The average molecular weight is 316 g/mol. The van der Waals surface area contributed by atoms with Gasteiger partial charge in [-0.2, -0.15) is 15.1 Å². The van der Waals surface area contributed by atoms with E-state index >= 15 is 0 Å². The van der Waals surface area contributed by atoms with E-state index in [1.165, 1.54) is 35.0 Å². The number of hydrogen-bond acceptors (Lipinski definition) is 4. The third-order valence-electron chi connectivity index (χ3n) is 3.15. The van der Waals surface area contributed by atoms with E-state index in [-0.39, 0.29) is 23.1 Å². The largest absolute Gasteiger partial charge is 0.283 e. The normalized spacial score (nSPS) is 19.6. The van der Waals surface area contributed by atoms with Crippen LogP contribution in [-0.2, 0) is 4.79 Å². The lowest BCUT2D eigenvalue weighted by molar-refractivity contribution is -0.114. The van der Waals surface area contributed by atoms with Gasteiger partial charge in [0.05, 0.1) is 5.57 Å². The van der Waals surface area contributed by atoms with Crippen LogP contribution in [0.1, 0.15) is 19.4 Å². The van der Waals surface area contributed by atoms with Gasteiger partial charge in [0.25, 0.3) is 5.91 Å². The van der Waals surface area contributed by atoms with Gasteiger partial charge in [0.2, 0.25) is 5.17 Å². The molecular weight excluding hydrogens is 303 g/mol. The molecule has 0 aliphatic carbocycles. The van der Waals surface area contributed by atoms with Crippen molar-refractivity contribution in [1.82, 2.24) is 5.01 Å². The number of fused-ring (bicyclic) bond motifs is 1. The Labute approximate surface area is 131 Å². The fourth-order valence-corrected chi connectivity index (χ4v) is 2.86. The monoisotopic (exact) mass is 316 g/mol. The number of carbonyl (C=O) groups excluding carboxylic acids is 1. The molecule has 0 saturated carbocycles. The van der Waals surface area contributed by atoms with E-state index in [0.717, 1.165) is 5.04 Å². The molecule has 112 valence electrons. The number of aliphatic imine (C=N–C) groups is 1. The first-order chi connectivity index (χ1) is 10.5. The molecule has 3 rings (SSSR count). The van der Waals surface area contributed by atoms with Gasteiger partial charge in [0.1, 0.15) is 10.9 Å². The van der Waals surface area contributed by atoms with E-state index in [1.807, 2.05) is 13.8 Å². The second-order valence-corrected chi connectivity index (χ2v) is 6.15. The second-order valence-electron chi connectivity index (χ2n) is 5.16. The van der Waals surface area contributed by atoms with Gasteiger partial charge in [-0.05, 0) is 35.5 Å². The van der Waals surface area contributed by atoms with Crippen LogP contribution in [0.4, 0.5) is 4.39 Å². The molecule has 2 heterocycles. The Bertz CT molecular complexity index is 749. The number of nitrogens with one attached hydrogen (secondary N) is 1. The lowest BCUT2D eigenvalue weighted by atomic mass is 10.1. The highest BCUT2D eigenvalue weighted by Gasteiger charge is 2.36. The molecule has 22 heavy (non-hydrogen) atoms. The van der Waals surface area contributed by atoms with Crippen LogP contribution in [0.5, 0.6) is 0 Å². The van der Waals surface area contributed by atoms with E-state index in [4.69, 9.17) is 5.41 Å². The maximum atomic E-state index is 12.9. The Kier molecular flexibility index (Phi) is 3.66. The lowest BCUT2D eigenvalue weighted by Gasteiger charge is -2.20. The predicted octanol–water partition coefficient (Wildman–Crippen LogP) is 3.10. The van der Waals surface area contributed by atoms with Crippen molar-refractivity contribution in [3.8, 4) is 0 Å². The molecule has 2 aliphatic heterocycles. The summed E-state index contributed by atoms with van der Waals surface area (Å²) in [5.74, 6) is -0.642. The Morgan fingerprint density at radius 1 is 1.32 bits per heavy atom. The highest BCUT2D eigenvalue weighted by molar-refractivity contribution is 8.27. The van der Waals surface area contributed by atoms with Gasteiger partial charge >= 0.3 is 0 Å². The summed E-state index contributed by atoms with van der Waals surface area (Å²) in [6.45, 7) is 3.98. The minimum absolute atomic E-state index is 0.0116. The SMILES string of the molecule is CC(C)C1=NN2C(=N)/C(=C/c3ccc(F)cc3)C(=O)N=C2S1. The first kappa shape index (κ1) is 14.6. The summed E-state index contributed by atoms with van der Waals surface area (Å²) >= 11 is 1.31.